The third kappa shape index (κ3) is 1.46. The van der Waals surface area contributed by atoms with E-state index in [0.717, 1.165) is 29.3 Å². The van der Waals surface area contributed by atoms with E-state index in [4.69, 9.17) is 5.73 Å². The van der Waals surface area contributed by atoms with Crippen LogP contribution in [0.5, 0.6) is 5.75 Å². The van der Waals surface area contributed by atoms with Crippen LogP contribution >= 0.6 is 15.9 Å². The summed E-state index contributed by atoms with van der Waals surface area (Å²) in [6.45, 7) is 0. The van der Waals surface area contributed by atoms with E-state index in [1.807, 2.05) is 12.1 Å². The molecule has 0 spiro atoms. The van der Waals surface area contributed by atoms with Gasteiger partial charge in [-0.3, -0.25) is 0 Å². The summed E-state index contributed by atoms with van der Waals surface area (Å²) in [6.07, 6.45) is 3.12. The number of benzene rings is 1. The van der Waals surface area contributed by atoms with E-state index in [9.17, 15) is 5.11 Å². The first-order chi connectivity index (χ1) is 6.20. The summed E-state index contributed by atoms with van der Waals surface area (Å²) in [5.41, 5.74) is 8.06. The normalized spacial score (nSPS) is 21.2. The number of rotatable bonds is 0. The van der Waals surface area contributed by atoms with Gasteiger partial charge < -0.3 is 10.8 Å². The summed E-state index contributed by atoms with van der Waals surface area (Å²) in [5, 5.41) is 9.79. The van der Waals surface area contributed by atoms with E-state index in [1.165, 1.54) is 5.56 Å². The van der Waals surface area contributed by atoms with E-state index in [1.54, 1.807) is 0 Å². The average Bonchev–Trinajstić information content (AvgIpc) is 2.12. The largest absolute Gasteiger partial charge is 0.506 e. The summed E-state index contributed by atoms with van der Waals surface area (Å²) >= 11 is 3.30. The SMILES string of the molecule is N[C@@H]1CCCc2ccc(Br)c(O)c21. The van der Waals surface area contributed by atoms with Crippen LogP contribution in [0.4, 0.5) is 0 Å². The van der Waals surface area contributed by atoms with Gasteiger partial charge in [-0.1, -0.05) is 6.07 Å². The van der Waals surface area contributed by atoms with Crippen molar-refractivity contribution in [2.24, 2.45) is 5.73 Å². The van der Waals surface area contributed by atoms with Crippen LogP contribution < -0.4 is 5.73 Å². The predicted molar refractivity (Wildman–Crippen MR) is 55.7 cm³/mol. The van der Waals surface area contributed by atoms with Crippen LogP contribution in [0.1, 0.15) is 30.0 Å². The molecular formula is C10H12BrNO. The smallest absolute Gasteiger partial charge is 0.134 e. The summed E-state index contributed by atoms with van der Waals surface area (Å²) in [7, 11) is 0. The zero-order valence-corrected chi connectivity index (χ0v) is 8.84. The number of fused-ring (bicyclic) bond motifs is 1. The van der Waals surface area contributed by atoms with Crippen molar-refractivity contribution in [1.82, 2.24) is 0 Å². The van der Waals surface area contributed by atoms with Crippen LogP contribution in [0.25, 0.3) is 0 Å². The molecule has 1 aromatic carbocycles. The molecule has 2 nitrogen and oxygen atoms in total. The number of aromatic hydroxyl groups is 1. The average molecular weight is 242 g/mol. The Morgan fingerprint density at radius 2 is 2.23 bits per heavy atom. The van der Waals surface area contributed by atoms with Gasteiger partial charge in [0.25, 0.3) is 0 Å². The van der Waals surface area contributed by atoms with Gasteiger partial charge in [0.2, 0.25) is 0 Å². The lowest BCUT2D eigenvalue weighted by Crippen LogP contribution is -2.17. The first-order valence-corrected chi connectivity index (χ1v) is 5.25. The second-order valence-corrected chi connectivity index (χ2v) is 4.32. The summed E-state index contributed by atoms with van der Waals surface area (Å²) in [6, 6.07) is 3.92. The molecule has 0 bridgehead atoms. The number of nitrogens with two attached hydrogens (primary N) is 1. The third-order valence-electron chi connectivity index (χ3n) is 2.59. The van der Waals surface area contributed by atoms with E-state index in [2.05, 4.69) is 15.9 Å². The molecule has 3 heteroatoms. The summed E-state index contributed by atoms with van der Waals surface area (Å²) in [5.74, 6) is 0.324. The first-order valence-electron chi connectivity index (χ1n) is 4.46. The lowest BCUT2D eigenvalue weighted by atomic mass is 9.87. The fraction of sp³-hybridized carbons (Fsp3) is 0.400. The zero-order valence-electron chi connectivity index (χ0n) is 7.26. The first kappa shape index (κ1) is 9.03. The highest BCUT2D eigenvalue weighted by molar-refractivity contribution is 9.10. The van der Waals surface area contributed by atoms with Crippen LogP contribution in [0.15, 0.2) is 16.6 Å². The monoisotopic (exact) mass is 241 g/mol. The Labute approximate surface area is 85.9 Å². The highest BCUT2D eigenvalue weighted by atomic mass is 79.9. The highest BCUT2D eigenvalue weighted by Gasteiger charge is 2.21. The van der Waals surface area contributed by atoms with Crippen molar-refractivity contribution >= 4 is 15.9 Å². The van der Waals surface area contributed by atoms with Gasteiger partial charge >= 0.3 is 0 Å². The predicted octanol–water partition coefficient (Wildman–Crippen LogP) is 2.49. The van der Waals surface area contributed by atoms with Gasteiger partial charge in [-0.25, -0.2) is 0 Å². The van der Waals surface area contributed by atoms with Gasteiger partial charge in [0, 0.05) is 11.6 Å². The fourth-order valence-corrected chi connectivity index (χ4v) is 2.26. The van der Waals surface area contributed by atoms with Crippen LogP contribution in [0, 0.1) is 0 Å². The second-order valence-electron chi connectivity index (χ2n) is 3.47. The van der Waals surface area contributed by atoms with Gasteiger partial charge in [0.05, 0.1) is 4.47 Å². The van der Waals surface area contributed by atoms with Crippen LogP contribution in [0.3, 0.4) is 0 Å². The highest BCUT2D eigenvalue weighted by Crippen LogP contribution is 2.38. The Hall–Kier alpha value is -0.540. The minimum atomic E-state index is 0.00116. The molecule has 0 amide bonds. The van der Waals surface area contributed by atoms with Gasteiger partial charge in [-0.2, -0.15) is 0 Å². The van der Waals surface area contributed by atoms with Crippen molar-refractivity contribution in [1.29, 1.82) is 0 Å². The van der Waals surface area contributed by atoms with Crippen LogP contribution in [-0.2, 0) is 6.42 Å². The molecule has 2 rings (SSSR count). The van der Waals surface area contributed by atoms with E-state index in [-0.39, 0.29) is 6.04 Å². The molecule has 1 aliphatic carbocycles. The molecule has 1 aliphatic rings. The second kappa shape index (κ2) is 3.31. The molecular weight excluding hydrogens is 230 g/mol. The van der Waals surface area contributed by atoms with Crippen molar-refractivity contribution in [3.63, 3.8) is 0 Å². The van der Waals surface area contributed by atoms with Crippen molar-refractivity contribution in [3.8, 4) is 5.75 Å². The van der Waals surface area contributed by atoms with Gasteiger partial charge in [-0.05, 0) is 46.8 Å². The van der Waals surface area contributed by atoms with E-state index in [0.29, 0.717) is 5.75 Å². The van der Waals surface area contributed by atoms with E-state index >= 15 is 0 Å². The Kier molecular flexibility index (Phi) is 2.30. The van der Waals surface area contributed by atoms with Crippen LogP contribution in [-0.4, -0.2) is 5.11 Å². The number of hydrogen-bond donors (Lipinski definition) is 2. The molecule has 0 saturated carbocycles. The Morgan fingerprint density at radius 3 is 3.00 bits per heavy atom. The Balaban J connectivity index is 2.58. The standard InChI is InChI=1S/C10H12BrNO/c11-7-5-4-6-2-1-3-8(12)9(6)10(7)13/h4-5,8,13H,1-3,12H2/t8-/m1/s1. The molecule has 0 aromatic heterocycles. The van der Waals surface area contributed by atoms with Crippen molar-refractivity contribution in [2.75, 3.05) is 0 Å². The number of hydrogen-bond acceptors (Lipinski definition) is 2. The molecule has 1 aromatic rings. The third-order valence-corrected chi connectivity index (χ3v) is 3.23. The summed E-state index contributed by atoms with van der Waals surface area (Å²) < 4.78 is 0.739. The molecule has 1 atom stereocenters. The number of phenolic OH excluding ortho intramolecular Hbond substituents is 1. The maximum atomic E-state index is 9.79. The minimum Gasteiger partial charge on any atom is -0.506 e. The maximum absolute atomic E-state index is 9.79. The number of phenols is 1. The van der Waals surface area contributed by atoms with Crippen molar-refractivity contribution in [2.45, 2.75) is 25.3 Å². The molecule has 0 aliphatic heterocycles. The quantitative estimate of drug-likeness (QED) is 0.734. The zero-order chi connectivity index (χ0) is 9.42. The number of halogens is 1. The Bertz CT molecular complexity index is 338. The maximum Gasteiger partial charge on any atom is 0.134 e. The Morgan fingerprint density at radius 1 is 1.46 bits per heavy atom. The lowest BCUT2D eigenvalue weighted by Gasteiger charge is -2.23. The van der Waals surface area contributed by atoms with Gasteiger partial charge in [0.1, 0.15) is 5.75 Å². The molecule has 0 radical (unpaired) electrons. The van der Waals surface area contributed by atoms with Crippen molar-refractivity contribution < 1.29 is 5.11 Å². The topological polar surface area (TPSA) is 46.2 Å². The molecule has 0 unspecified atom stereocenters. The van der Waals surface area contributed by atoms with Gasteiger partial charge in [0.15, 0.2) is 0 Å². The molecule has 3 N–H and O–H groups in total. The molecule has 13 heavy (non-hydrogen) atoms. The molecule has 0 saturated heterocycles. The number of aryl methyl sites for hydroxylation is 1. The van der Waals surface area contributed by atoms with Gasteiger partial charge in [-0.15, -0.1) is 0 Å². The molecule has 0 heterocycles. The van der Waals surface area contributed by atoms with Crippen LogP contribution in [0.2, 0.25) is 0 Å². The lowest BCUT2D eigenvalue weighted by molar-refractivity contribution is 0.444. The molecule has 0 fully saturated rings. The fourth-order valence-electron chi connectivity index (χ4n) is 1.91. The minimum absolute atomic E-state index is 0.00116. The van der Waals surface area contributed by atoms with Crippen molar-refractivity contribution in [3.05, 3.63) is 27.7 Å². The molecule has 70 valence electrons. The summed E-state index contributed by atoms with van der Waals surface area (Å²) in [4.78, 5) is 0. The van der Waals surface area contributed by atoms with E-state index < -0.39 is 0 Å².